The minimum absolute atomic E-state index is 0.206. The number of benzene rings is 1. The van der Waals surface area contributed by atoms with Crippen molar-refractivity contribution in [3.63, 3.8) is 0 Å². The Labute approximate surface area is 168 Å². The minimum Gasteiger partial charge on any atom is -0.381 e. The summed E-state index contributed by atoms with van der Waals surface area (Å²) in [7, 11) is 0. The van der Waals surface area contributed by atoms with Crippen LogP contribution < -0.4 is 5.56 Å². The van der Waals surface area contributed by atoms with Crippen molar-refractivity contribution in [2.75, 3.05) is 13.2 Å². The molecule has 30 heavy (non-hydrogen) atoms. The first kappa shape index (κ1) is 20.4. The van der Waals surface area contributed by atoms with Gasteiger partial charge in [-0.15, -0.1) is 0 Å². The van der Waals surface area contributed by atoms with Gasteiger partial charge < -0.3 is 4.74 Å². The number of aromatic amines is 2. The molecule has 4 rings (SSSR count). The Bertz CT molecular complexity index is 1080. The molecule has 10 heteroatoms. The Kier molecular flexibility index (Phi) is 5.50. The van der Waals surface area contributed by atoms with Crippen LogP contribution in [0.3, 0.4) is 0 Å². The van der Waals surface area contributed by atoms with E-state index >= 15 is 0 Å². The van der Waals surface area contributed by atoms with E-state index in [0.717, 1.165) is 30.0 Å². The van der Waals surface area contributed by atoms with Crippen molar-refractivity contribution in [1.29, 1.82) is 0 Å². The first-order valence-corrected chi connectivity index (χ1v) is 9.63. The van der Waals surface area contributed by atoms with Crippen molar-refractivity contribution in [3.8, 4) is 17.1 Å². The van der Waals surface area contributed by atoms with Crippen LogP contribution in [0.25, 0.3) is 17.1 Å². The molecule has 2 N–H and O–H groups in total. The molecule has 0 unspecified atom stereocenters. The number of nitrogens with one attached hydrogen (secondary N) is 2. The molecule has 6 nitrogen and oxygen atoms in total. The van der Waals surface area contributed by atoms with Gasteiger partial charge in [0.1, 0.15) is 11.5 Å². The predicted octanol–water partition coefficient (Wildman–Crippen LogP) is 4.07. The highest BCUT2D eigenvalue weighted by molar-refractivity contribution is 5.63. The summed E-state index contributed by atoms with van der Waals surface area (Å²) in [4.78, 5) is 13.1. The normalized spacial score (nSPS) is 15.6. The highest BCUT2D eigenvalue weighted by atomic mass is 19.4. The van der Waals surface area contributed by atoms with Crippen LogP contribution in [0, 0.1) is 11.7 Å². The van der Waals surface area contributed by atoms with E-state index in [0.29, 0.717) is 42.4 Å². The molecule has 0 saturated carbocycles. The maximum atomic E-state index is 13.8. The van der Waals surface area contributed by atoms with Crippen molar-refractivity contribution < 1.29 is 22.3 Å². The first-order chi connectivity index (χ1) is 14.3. The molecule has 0 radical (unpaired) electrons. The Morgan fingerprint density at radius 2 is 1.97 bits per heavy atom. The molecule has 0 spiro atoms. The topological polar surface area (TPSA) is 75.7 Å². The summed E-state index contributed by atoms with van der Waals surface area (Å²) < 4.78 is 58.8. The van der Waals surface area contributed by atoms with Crippen LogP contribution in [0.4, 0.5) is 17.6 Å². The maximum Gasteiger partial charge on any atom is 0.432 e. The molecule has 0 aliphatic carbocycles. The molecule has 1 aliphatic heterocycles. The number of hydrogen-bond acceptors (Lipinski definition) is 3. The summed E-state index contributed by atoms with van der Waals surface area (Å²) in [5, 5.41) is 8.35. The third-order valence-corrected chi connectivity index (χ3v) is 5.34. The molecular weight excluding hydrogens is 404 g/mol. The van der Waals surface area contributed by atoms with E-state index in [9.17, 15) is 22.4 Å². The second kappa shape index (κ2) is 8.10. The summed E-state index contributed by atoms with van der Waals surface area (Å²) >= 11 is 0. The first-order valence-electron chi connectivity index (χ1n) is 9.63. The zero-order chi connectivity index (χ0) is 21.3. The zero-order valence-electron chi connectivity index (χ0n) is 15.9. The third-order valence-electron chi connectivity index (χ3n) is 5.34. The maximum absolute atomic E-state index is 13.8. The van der Waals surface area contributed by atoms with Crippen molar-refractivity contribution in [2.45, 2.75) is 31.9 Å². The molecule has 1 aliphatic rings. The molecule has 0 amide bonds. The summed E-state index contributed by atoms with van der Waals surface area (Å²) in [5.41, 5.74) is -0.345. The molecule has 0 bridgehead atoms. The Morgan fingerprint density at radius 1 is 1.20 bits per heavy atom. The van der Waals surface area contributed by atoms with E-state index in [1.807, 2.05) is 5.10 Å². The zero-order valence-corrected chi connectivity index (χ0v) is 15.9. The molecule has 3 heterocycles. The Hall–Kier alpha value is -2.88. The fourth-order valence-electron chi connectivity index (χ4n) is 3.70. The fourth-order valence-corrected chi connectivity index (χ4v) is 3.70. The molecule has 2 aromatic heterocycles. The molecule has 3 aromatic rings. The molecule has 1 fully saturated rings. The largest absolute Gasteiger partial charge is 0.432 e. The number of H-pyrrole nitrogens is 2. The summed E-state index contributed by atoms with van der Waals surface area (Å²) in [5.74, 6) is -0.290. The van der Waals surface area contributed by atoms with Gasteiger partial charge in [-0.25, -0.2) is 4.39 Å². The molecule has 1 saturated heterocycles. The van der Waals surface area contributed by atoms with Crippen molar-refractivity contribution in [1.82, 2.24) is 20.0 Å². The number of rotatable bonds is 5. The predicted molar refractivity (Wildman–Crippen MR) is 101 cm³/mol. The van der Waals surface area contributed by atoms with E-state index in [1.54, 1.807) is 6.07 Å². The highest BCUT2D eigenvalue weighted by Gasteiger charge is 2.33. The van der Waals surface area contributed by atoms with Crippen LogP contribution in [0.2, 0.25) is 0 Å². The van der Waals surface area contributed by atoms with E-state index < -0.39 is 23.2 Å². The fraction of sp³-hybridized carbons (Fsp3) is 0.400. The lowest BCUT2D eigenvalue weighted by Crippen LogP contribution is -2.20. The average Bonchev–Trinajstić information content (AvgIpc) is 3.32. The average molecular weight is 424 g/mol. The van der Waals surface area contributed by atoms with Gasteiger partial charge in [-0.05, 0) is 43.7 Å². The standard InChI is InChI=1S/C20H20F4N4O2/c21-14-3-1-2-13(10-14)18-15(5-4-12-6-8-30-9-7-12)19(29)28(27-18)17-11-16(25-26-17)20(22,23)24/h1-3,10-12,27H,4-9H2,(H,25,26). The van der Waals surface area contributed by atoms with E-state index in [-0.39, 0.29) is 5.82 Å². The lowest BCUT2D eigenvalue weighted by Gasteiger charge is -2.21. The Morgan fingerprint density at radius 3 is 2.63 bits per heavy atom. The van der Waals surface area contributed by atoms with Crippen molar-refractivity contribution in [3.05, 3.63) is 57.8 Å². The van der Waals surface area contributed by atoms with Crippen molar-refractivity contribution in [2.24, 2.45) is 5.92 Å². The van der Waals surface area contributed by atoms with E-state index in [2.05, 4.69) is 10.2 Å². The van der Waals surface area contributed by atoms with Crippen LogP contribution in [0.1, 0.15) is 30.5 Å². The van der Waals surface area contributed by atoms with Crippen LogP contribution in [-0.2, 0) is 17.3 Å². The lowest BCUT2D eigenvalue weighted by molar-refractivity contribution is -0.141. The van der Waals surface area contributed by atoms with Gasteiger partial charge in [-0.2, -0.15) is 23.0 Å². The second-order valence-corrected chi connectivity index (χ2v) is 7.35. The van der Waals surface area contributed by atoms with Gasteiger partial charge in [0, 0.05) is 30.4 Å². The number of aromatic nitrogens is 4. The van der Waals surface area contributed by atoms with Gasteiger partial charge >= 0.3 is 6.18 Å². The van der Waals surface area contributed by atoms with Crippen LogP contribution >= 0.6 is 0 Å². The van der Waals surface area contributed by atoms with Gasteiger partial charge in [0.05, 0.1) is 5.69 Å². The molecule has 160 valence electrons. The summed E-state index contributed by atoms with van der Waals surface area (Å²) in [6.07, 6.45) is -1.69. The van der Waals surface area contributed by atoms with Crippen LogP contribution in [-0.4, -0.2) is 33.2 Å². The third kappa shape index (κ3) is 4.18. The van der Waals surface area contributed by atoms with Gasteiger partial charge in [-0.3, -0.25) is 15.0 Å². The smallest absolute Gasteiger partial charge is 0.381 e. The highest BCUT2D eigenvalue weighted by Crippen LogP contribution is 2.29. The molecular formula is C20H20F4N4O2. The number of halogens is 4. The number of ether oxygens (including phenoxy) is 1. The van der Waals surface area contributed by atoms with E-state index in [4.69, 9.17) is 4.74 Å². The van der Waals surface area contributed by atoms with Gasteiger partial charge in [0.2, 0.25) is 0 Å². The molecule has 1 aromatic carbocycles. The SMILES string of the molecule is O=c1c(CCC2CCOCC2)c(-c2cccc(F)c2)[nH]n1-c1cc(C(F)(F)F)[nH]n1. The van der Waals surface area contributed by atoms with Gasteiger partial charge in [0.15, 0.2) is 5.82 Å². The Balaban J connectivity index is 1.73. The summed E-state index contributed by atoms with van der Waals surface area (Å²) in [6, 6.07) is 6.47. The molecule has 0 atom stereocenters. The van der Waals surface area contributed by atoms with Crippen molar-refractivity contribution >= 4 is 0 Å². The number of nitrogens with zero attached hydrogens (tertiary/aromatic N) is 2. The monoisotopic (exact) mass is 424 g/mol. The van der Waals surface area contributed by atoms with E-state index in [1.165, 1.54) is 18.2 Å². The minimum atomic E-state index is -4.61. The van der Waals surface area contributed by atoms with Gasteiger partial charge in [-0.1, -0.05) is 12.1 Å². The second-order valence-electron chi connectivity index (χ2n) is 7.35. The van der Waals surface area contributed by atoms with Gasteiger partial charge in [0.25, 0.3) is 5.56 Å². The summed E-state index contributed by atoms with van der Waals surface area (Å²) in [6.45, 7) is 1.35. The lowest BCUT2D eigenvalue weighted by atomic mass is 9.92. The number of hydrogen-bond donors (Lipinski definition) is 2. The number of alkyl halides is 3. The quantitative estimate of drug-likeness (QED) is 0.607. The van der Waals surface area contributed by atoms with Crippen LogP contribution in [0.15, 0.2) is 35.1 Å². The van der Waals surface area contributed by atoms with Crippen LogP contribution in [0.5, 0.6) is 0 Å².